The number of hydrogen-bond acceptors (Lipinski definition) is 4. The minimum Gasteiger partial charge on any atom is -0.384 e. The summed E-state index contributed by atoms with van der Waals surface area (Å²) in [6.07, 6.45) is 4.35. The Hall–Kier alpha value is -1.92. The van der Waals surface area contributed by atoms with E-state index in [2.05, 4.69) is 10.3 Å². The van der Waals surface area contributed by atoms with E-state index >= 15 is 0 Å². The van der Waals surface area contributed by atoms with E-state index in [1.807, 2.05) is 19.2 Å². The van der Waals surface area contributed by atoms with E-state index in [9.17, 15) is 8.42 Å². The lowest BCUT2D eigenvalue weighted by Gasteiger charge is -2.09. The molecule has 1 aromatic carbocycles. The van der Waals surface area contributed by atoms with Crippen molar-refractivity contribution in [1.82, 2.24) is 4.98 Å². The first kappa shape index (κ1) is 14.5. The van der Waals surface area contributed by atoms with Crippen molar-refractivity contribution >= 4 is 15.7 Å². The van der Waals surface area contributed by atoms with Gasteiger partial charge < -0.3 is 5.32 Å². The molecular formula is C14H17N3O2S. The van der Waals surface area contributed by atoms with Crippen molar-refractivity contribution in [2.45, 2.75) is 18.2 Å². The van der Waals surface area contributed by atoms with Gasteiger partial charge in [0.1, 0.15) is 0 Å². The average molecular weight is 291 g/mol. The van der Waals surface area contributed by atoms with Gasteiger partial charge in [-0.05, 0) is 42.7 Å². The number of anilines is 1. The molecule has 0 atom stereocenters. The molecule has 0 aliphatic heterocycles. The summed E-state index contributed by atoms with van der Waals surface area (Å²) >= 11 is 0. The van der Waals surface area contributed by atoms with Crippen LogP contribution >= 0.6 is 0 Å². The van der Waals surface area contributed by atoms with Crippen molar-refractivity contribution in [3.05, 3.63) is 53.9 Å². The summed E-state index contributed by atoms with van der Waals surface area (Å²) in [5.41, 5.74) is 3.20. The first-order chi connectivity index (χ1) is 9.47. The zero-order valence-electron chi connectivity index (χ0n) is 11.2. The number of nitrogens with one attached hydrogen (secondary N) is 1. The van der Waals surface area contributed by atoms with E-state index in [1.54, 1.807) is 18.3 Å². The zero-order chi connectivity index (χ0) is 14.6. The van der Waals surface area contributed by atoms with Gasteiger partial charge >= 0.3 is 0 Å². The molecule has 0 radical (unpaired) electrons. The lowest BCUT2D eigenvalue weighted by Crippen LogP contribution is -2.12. The van der Waals surface area contributed by atoms with Crippen LogP contribution in [0.25, 0.3) is 0 Å². The van der Waals surface area contributed by atoms with E-state index < -0.39 is 10.0 Å². The Bertz CT molecular complexity index is 682. The van der Waals surface area contributed by atoms with Crippen LogP contribution in [0.2, 0.25) is 0 Å². The van der Waals surface area contributed by atoms with E-state index in [0.29, 0.717) is 0 Å². The smallest absolute Gasteiger partial charge is 0.238 e. The van der Waals surface area contributed by atoms with Gasteiger partial charge in [-0.3, -0.25) is 4.98 Å². The standard InChI is InChI=1S/C14H17N3O2S/c1-11-10-16-8-7-14(11)17-9-6-12-2-4-13(5-3-12)20(15,18)19/h2-5,7-8,10H,6,9H2,1H3,(H,16,17)(H2,15,18,19). The predicted octanol–water partition coefficient (Wildman–Crippen LogP) is 1.69. The summed E-state index contributed by atoms with van der Waals surface area (Å²) in [4.78, 5) is 4.17. The molecule has 5 nitrogen and oxygen atoms in total. The third-order valence-electron chi connectivity index (χ3n) is 3.00. The van der Waals surface area contributed by atoms with Crippen molar-refractivity contribution in [2.75, 3.05) is 11.9 Å². The molecular weight excluding hydrogens is 274 g/mol. The van der Waals surface area contributed by atoms with Crippen molar-refractivity contribution in [1.29, 1.82) is 0 Å². The molecule has 2 rings (SSSR count). The lowest BCUT2D eigenvalue weighted by atomic mass is 10.1. The highest BCUT2D eigenvalue weighted by Gasteiger charge is 2.06. The molecule has 1 heterocycles. The van der Waals surface area contributed by atoms with E-state index in [0.717, 1.165) is 29.8 Å². The Labute approximate surface area is 118 Å². The first-order valence-corrected chi connectivity index (χ1v) is 7.78. The Kier molecular flexibility index (Phi) is 4.36. The van der Waals surface area contributed by atoms with Gasteiger partial charge in [-0.2, -0.15) is 0 Å². The number of nitrogens with zero attached hydrogens (tertiary/aromatic N) is 1. The quantitative estimate of drug-likeness (QED) is 0.878. The van der Waals surface area contributed by atoms with Gasteiger partial charge in [0.2, 0.25) is 10.0 Å². The molecule has 106 valence electrons. The summed E-state index contributed by atoms with van der Waals surface area (Å²) in [6, 6.07) is 8.55. The number of nitrogens with two attached hydrogens (primary N) is 1. The second kappa shape index (κ2) is 6.02. The molecule has 0 unspecified atom stereocenters. The number of hydrogen-bond donors (Lipinski definition) is 2. The minimum absolute atomic E-state index is 0.138. The maximum absolute atomic E-state index is 11.1. The molecule has 1 aromatic heterocycles. The molecule has 0 saturated carbocycles. The Morgan fingerprint density at radius 1 is 1.20 bits per heavy atom. The summed E-state index contributed by atoms with van der Waals surface area (Å²) in [7, 11) is -3.61. The highest BCUT2D eigenvalue weighted by atomic mass is 32.2. The van der Waals surface area contributed by atoms with Gasteiger partial charge in [0.25, 0.3) is 0 Å². The Balaban J connectivity index is 1.94. The second-order valence-electron chi connectivity index (χ2n) is 4.56. The summed E-state index contributed by atoms with van der Waals surface area (Å²) in [5, 5.41) is 8.38. The number of pyridine rings is 1. The van der Waals surface area contributed by atoms with Gasteiger partial charge in [0.15, 0.2) is 0 Å². The van der Waals surface area contributed by atoms with Crippen molar-refractivity contribution < 1.29 is 8.42 Å². The normalized spacial score (nSPS) is 11.3. The molecule has 6 heteroatoms. The fraction of sp³-hybridized carbons (Fsp3) is 0.214. The fourth-order valence-corrected chi connectivity index (χ4v) is 2.37. The molecule has 0 aliphatic carbocycles. The highest BCUT2D eigenvalue weighted by Crippen LogP contribution is 2.12. The summed E-state index contributed by atoms with van der Waals surface area (Å²) in [5.74, 6) is 0. The van der Waals surface area contributed by atoms with Crippen molar-refractivity contribution in [2.24, 2.45) is 5.14 Å². The highest BCUT2D eigenvalue weighted by molar-refractivity contribution is 7.89. The topological polar surface area (TPSA) is 85.1 Å². The molecule has 0 amide bonds. The van der Waals surface area contributed by atoms with E-state index in [4.69, 9.17) is 5.14 Å². The van der Waals surface area contributed by atoms with Crippen LogP contribution in [0.4, 0.5) is 5.69 Å². The maximum Gasteiger partial charge on any atom is 0.238 e. The van der Waals surface area contributed by atoms with Gasteiger partial charge in [-0.1, -0.05) is 12.1 Å². The second-order valence-corrected chi connectivity index (χ2v) is 6.12. The zero-order valence-corrected chi connectivity index (χ0v) is 12.0. The van der Waals surface area contributed by atoms with Crippen molar-refractivity contribution in [3.63, 3.8) is 0 Å². The maximum atomic E-state index is 11.1. The van der Waals surface area contributed by atoms with Crippen LogP contribution in [-0.2, 0) is 16.4 Å². The van der Waals surface area contributed by atoms with Gasteiger partial charge in [-0.15, -0.1) is 0 Å². The molecule has 3 N–H and O–H groups in total. The van der Waals surface area contributed by atoms with Crippen molar-refractivity contribution in [3.8, 4) is 0 Å². The van der Waals surface area contributed by atoms with Crippen LogP contribution in [-0.4, -0.2) is 19.9 Å². The molecule has 0 spiro atoms. The summed E-state index contributed by atoms with van der Waals surface area (Å²) in [6.45, 7) is 2.76. The molecule has 0 saturated heterocycles. The average Bonchev–Trinajstić information content (AvgIpc) is 2.40. The van der Waals surface area contributed by atoms with Crippen LogP contribution in [0.15, 0.2) is 47.6 Å². The monoisotopic (exact) mass is 291 g/mol. The number of primary sulfonamides is 1. The number of aromatic nitrogens is 1. The number of aryl methyl sites for hydroxylation is 1. The van der Waals surface area contributed by atoms with Crippen LogP contribution in [0.5, 0.6) is 0 Å². The Morgan fingerprint density at radius 3 is 2.50 bits per heavy atom. The van der Waals surface area contributed by atoms with Gasteiger partial charge in [-0.25, -0.2) is 13.6 Å². The van der Waals surface area contributed by atoms with Gasteiger partial charge in [0.05, 0.1) is 4.90 Å². The Morgan fingerprint density at radius 2 is 1.90 bits per heavy atom. The first-order valence-electron chi connectivity index (χ1n) is 6.23. The van der Waals surface area contributed by atoms with Crippen LogP contribution in [0.1, 0.15) is 11.1 Å². The van der Waals surface area contributed by atoms with Crippen LogP contribution in [0.3, 0.4) is 0 Å². The number of sulfonamides is 1. The molecule has 0 bridgehead atoms. The number of rotatable bonds is 5. The third kappa shape index (κ3) is 3.79. The van der Waals surface area contributed by atoms with Crippen LogP contribution in [0, 0.1) is 6.92 Å². The molecule has 0 fully saturated rings. The molecule has 20 heavy (non-hydrogen) atoms. The predicted molar refractivity (Wildman–Crippen MR) is 79.0 cm³/mol. The van der Waals surface area contributed by atoms with Crippen LogP contribution < -0.4 is 10.5 Å². The molecule has 0 aliphatic rings. The largest absolute Gasteiger partial charge is 0.384 e. The summed E-state index contributed by atoms with van der Waals surface area (Å²) < 4.78 is 22.3. The lowest BCUT2D eigenvalue weighted by molar-refractivity contribution is 0.598. The van der Waals surface area contributed by atoms with E-state index in [-0.39, 0.29) is 4.90 Å². The fourth-order valence-electron chi connectivity index (χ4n) is 1.86. The number of benzene rings is 1. The minimum atomic E-state index is -3.61. The van der Waals surface area contributed by atoms with Gasteiger partial charge in [0, 0.05) is 24.6 Å². The molecule has 2 aromatic rings. The SMILES string of the molecule is Cc1cnccc1NCCc1ccc(S(N)(=O)=O)cc1. The third-order valence-corrected chi connectivity index (χ3v) is 3.93. The van der Waals surface area contributed by atoms with E-state index in [1.165, 1.54) is 12.1 Å².